The van der Waals surface area contributed by atoms with Crippen molar-refractivity contribution in [2.24, 2.45) is 0 Å². The van der Waals surface area contributed by atoms with Crippen molar-refractivity contribution in [2.75, 3.05) is 35.0 Å². The van der Waals surface area contributed by atoms with Gasteiger partial charge in [-0.15, -0.1) is 0 Å². The van der Waals surface area contributed by atoms with Gasteiger partial charge in [-0.3, -0.25) is 0 Å². The monoisotopic (exact) mass is 238 g/mol. The number of ether oxygens (including phenoxy) is 2. The molecular weight excluding hydrogens is 216 g/mol. The van der Waals surface area contributed by atoms with Gasteiger partial charge in [-0.2, -0.15) is 0 Å². The van der Waals surface area contributed by atoms with E-state index in [1.807, 2.05) is 6.92 Å². The van der Waals surface area contributed by atoms with Crippen molar-refractivity contribution < 1.29 is 22.8 Å². The third-order valence-electron chi connectivity index (χ3n) is 2.24. The molecule has 0 N–H and O–H groups in total. The Morgan fingerprint density at radius 2 is 1.53 bits per heavy atom. The zero-order valence-corrected chi connectivity index (χ0v) is 11.2. The molecule has 1 unspecified atom stereocenters. The molecule has 6 heteroatoms. The van der Waals surface area contributed by atoms with Crippen molar-refractivity contribution in [3.05, 3.63) is 0 Å². The third-order valence-corrected chi connectivity index (χ3v) is 5.08. The zero-order valence-electron chi connectivity index (χ0n) is 10.2. The van der Waals surface area contributed by atoms with Crippen molar-refractivity contribution >= 4 is 8.80 Å². The Bertz CT molecular complexity index is 143. The molecule has 0 radical (unpaired) electrons. The molecule has 15 heavy (non-hydrogen) atoms. The highest BCUT2D eigenvalue weighted by Gasteiger charge is 2.36. The minimum Gasteiger partial charge on any atom is -0.377 e. The lowest BCUT2D eigenvalue weighted by molar-refractivity contribution is -0.111. The van der Waals surface area contributed by atoms with Crippen molar-refractivity contribution in [3.63, 3.8) is 0 Å². The summed E-state index contributed by atoms with van der Waals surface area (Å²) in [7, 11) is 4.02. The quantitative estimate of drug-likeness (QED) is 0.344. The Kier molecular flexibility index (Phi) is 8.21. The van der Waals surface area contributed by atoms with Crippen LogP contribution in [0.3, 0.4) is 0 Å². The average molecular weight is 238 g/mol. The summed E-state index contributed by atoms with van der Waals surface area (Å²) in [5, 5.41) is 0. The number of methoxy groups -OCH3 is 1. The summed E-state index contributed by atoms with van der Waals surface area (Å²) < 4.78 is 26.1. The topological polar surface area (TPSA) is 46.2 Å². The molecule has 0 fully saturated rings. The van der Waals surface area contributed by atoms with E-state index in [2.05, 4.69) is 0 Å². The highest BCUT2D eigenvalue weighted by atomic mass is 28.4. The SMILES string of the molecule is COC(C)OCCC[Si](OC)(OC)OC. The van der Waals surface area contributed by atoms with Crippen molar-refractivity contribution in [3.8, 4) is 0 Å². The van der Waals surface area contributed by atoms with E-state index in [-0.39, 0.29) is 6.29 Å². The maximum atomic E-state index is 5.35. The first kappa shape index (κ1) is 15.0. The fourth-order valence-electron chi connectivity index (χ4n) is 1.16. The summed E-state index contributed by atoms with van der Waals surface area (Å²) in [6, 6.07) is 0.743. The van der Waals surface area contributed by atoms with E-state index in [0.29, 0.717) is 6.61 Å². The molecule has 0 aliphatic rings. The summed E-state index contributed by atoms with van der Waals surface area (Å²) in [5.74, 6) is 0. The Labute approximate surface area is 93.0 Å². The van der Waals surface area contributed by atoms with E-state index in [4.69, 9.17) is 22.8 Å². The Hall–Kier alpha value is 0.0169. The van der Waals surface area contributed by atoms with E-state index < -0.39 is 8.80 Å². The molecule has 5 nitrogen and oxygen atoms in total. The van der Waals surface area contributed by atoms with Crippen LogP contribution in [0.4, 0.5) is 0 Å². The zero-order chi connectivity index (χ0) is 11.7. The molecule has 0 bridgehead atoms. The first-order valence-corrected chi connectivity index (χ1v) is 6.87. The maximum Gasteiger partial charge on any atom is 0.500 e. The molecule has 0 aliphatic heterocycles. The molecule has 0 rings (SSSR count). The van der Waals surface area contributed by atoms with Gasteiger partial charge >= 0.3 is 8.80 Å². The van der Waals surface area contributed by atoms with Gasteiger partial charge in [0.25, 0.3) is 0 Å². The van der Waals surface area contributed by atoms with Crippen LogP contribution < -0.4 is 0 Å². The van der Waals surface area contributed by atoms with E-state index in [1.165, 1.54) is 0 Å². The molecule has 0 amide bonds. The second-order valence-corrected chi connectivity index (χ2v) is 6.16. The molecule has 0 saturated heterocycles. The Morgan fingerprint density at radius 3 is 1.93 bits per heavy atom. The van der Waals surface area contributed by atoms with Crippen LogP contribution in [0.2, 0.25) is 6.04 Å². The second-order valence-electron chi connectivity index (χ2n) is 3.07. The Balaban J connectivity index is 3.72. The van der Waals surface area contributed by atoms with E-state index in [1.54, 1.807) is 28.4 Å². The molecule has 0 aromatic rings. The van der Waals surface area contributed by atoms with Gasteiger partial charge in [-0.25, -0.2) is 0 Å². The van der Waals surface area contributed by atoms with Crippen LogP contribution in [0.1, 0.15) is 13.3 Å². The highest BCUT2D eigenvalue weighted by molar-refractivity contribution is 6.60. The van der Waals surface area contributed by atoms with Crippen LogP contribution in [-0.4, -0.2) is 50.1 Å². The van der Waals surface area contributed by atoms with Crippen LogP contribution in [0.25, 0.3) is 0 Å². The number of rotatable bonds is 9. The van der Waals surface area contributed by atoms with Crippen LogP contribution in [-0.2, 0) is 22.8 Å². The predicted octanol–water partition coefficient (Wildman–Crippen LogP) is 1.26. The minimum atomic E-state index is -2.42. The van der Waals surface area contributed by atoms with Gasteiger partial charge in [-0.05, 0) is 13.3 Å². The van der Waals surface area contributed by atoms with E-state index in [0.717, 1.165) is 12.5 Å². The van der Waals surface area contributed by atoms with E-state index in [9.17, 15) is 0 Å². The van der Waals surface area contributed by atoms with Gasteiger partial charge in [0.2, 0.25) is 0 Å². The van der Waals surface area contributed by atoms with Gasteiger partial charge in [0, 0.05) is 41.1 Å². The lowest BCUT2D eigenvalue weighted by atomic mass is 10.5. The van der Waals surface area contributed by atoms with Crippen LogP contribution in [0.5, 0.6) is 0 Å². The van der Waals surface area contributed by atoms with Gasteiger partial charge in [0.1, 0.15) is 0 Å². The lowest BCUT2D eigenvalue weighted by Crippen LogP contribution is -2.42. The lowest BCUT2D eigenvalue weighted by Gasteiger charge is -2.24. The van der Waals surface area contributed by atoms with Gasteiger partial charge in [-0.1, -0.05) is 0 Å². The average Bonchev–Trinajstić information content (AvgIpc) is 2.30. The predicted molar refractivity (Wildman–Crippen MR) is 58.6 cm³/mol. The summed E-state index contributed by atoms with van der Waals surface area (Å²) in [4.78, 5) is 0. The standard InChI is InChI=1S/C9H22O5Si/c1-9(10-2)14-7-6-8-15(11-3,12-4)13-5/h9H,6-8H2,1-5H3. The van der Waals surface area contributed by atoms with Crippen molar-refractivity contribution in [1.29, 1.82) is 0 Å². The third kappa shape index (κ3) is 5.60. The summed E-state index contributed by atoms with van der Waals surface area (Å²) in [6.07, 6.45) is 0.656. The molecular formula is C9H22O5Si. The van der Waals surface area contributed by atoms with Crippen LogP contribution in [0.15, 0.2) is 0 Å². The first-order chi connectivity index (χ1) is 7.14. The highest BCUT2D eigenvalue weighted by Crippen LogP contribution is 2.15. The fraction of sp³-hybridized carbons (Fsp3) is 1.00. The number of hydrogen-bond acceptors (Lipinski definition) is 5. The van der Waals surface area contributed by atoms with E-state index >= 15 is 0 Å². The number of hydrogen-bond donors (Lipinski definition) is 0. The molecule has 0 aromatic heterocycles. The minimum absolute atomic E-state index is 0.172. The van der Waals surface area contributed by atoms with Crippen molar-refractivity contribution in [2.45, 2.75) is 25.7 Å². The smallest absolute Gasteiger partial charge is 0.377 e. The van der Waals surface area contributed by atoms with Gasteiger partial charge < -0.3 is 22.8 Å². The second kappa shape index (κ2) is 8.20. The maximum absolute atomic E-state index is 5.35. The molecule has 0 spiro atoms. The fourth-order valence-corrected chi connectivity index (χ4v) is 2.85. The first-order valence-electron chi connectivity index (χ1n) is 4.94. The largest absolute Gasteiger partial charge is 0.500 e. The molecule has 92 valence electrons. The Morgan fingerprint density at radius 1 is 1.00 bits per heavy atom. The molecule has 0 aliphatic carbocycles. The summed E-state index contributed by atoms with van der Waals surface area (Å²) in [6.45, 7) is 2.47. The molecule has 0 saturated carbocycles. The summed E-state index contributed by atoms with van der Waals surface area (Å²) in [5.41, 5.74) is 0. The molecule has 0 heterocycles. The van der Waals surface area contributed by atoms with Gasteiger partial charge in [0.15, 0.2) is 6.29 Å². The van der Waals surface area contributed by atoms with Crippen molar-refractivity contribution in [1.82, 2.24) is 0 Å². The van der Waals surface area contributed by atoms with Gasteiger partial charge in [0.05, 0.1) is 0 Å². The van der Waals surface area contributed by atoms with Crippen LogP contribution >= 0.6 is 0 Å². The van der Waals surface area contributed by atoms with Crippen LogP contribution in [0, 0.1) is 0 Å². The normalized spacial score (nSPS) is 14.2. The summed E-state index contributed by atoms with van der Waals surface area (Å²) >= 11 is 0. The molecule has 1 atom stereocenters. The molecule has 0 aromatic carbocycles.